The summed E-state index contributed by atoms with van der Waals surface area (Å²) < 4.78 is 12.1. The van der Waals surface area contributed by atoms with E-state index in [1.165, 1.54) is 0 Å². The standard InChI is InChI=1S/C23H27N3O3S/c1-16(2)22(27)26(15-17-7-5-4-6-8-17)23-24-20-19(28-3)10-9-18(21(20)30-23)25-11-13-29-14-12-25/h4-10,16H,11-15H2,1-3H3. The Labute approximate surface area is 181 Å². The molecule has 0 unspecified atom stereocenters. The van der Waals surface area contributed by atoms with Crippen LogP contribution in [0.2, 0.25) is 0 Å². The number of thiazole rings is 1. The summed E-state index contributed by atoms with van der Waals surface area (Å²) in [6, 6.07) is 14.1. The number of amides is 1. The number of aromatic nitrogens is 1. The van der Waals surface area contributed by atoms with Crippen molar-refractivity contribution in [2.75, 3.05) is 43.2 Å². The number of fused-ring (bicyclic) bond motifs is 1. The molecule has 3 aromatic rings. The van der Waals surface area contributed by atoms with Crippen molar-refractivity contribution >= 4 is 38.3 Å². The van der Waals surface area contributed by atoms with E-state index in [2.05, 4.69) is 11.0 Å². The van der Waals surface area contributed by atoms with Gasteiger partial charge in [-0.3, -0.25) is 9.69 Å². The van der Waals surface area contributed by atoms with E-state index in [4.69, 9.17) is 14.5 Å². The highest BCUT2D eigenvalue weighted by atomic mass is 32.1. The third-order valence-electron chi connectivity index (χ3n) is 5.22. The predicted molar refractivity (Wildman–Crippen MR) is 122 cm³/mol. The van der Waals surface area contributed by atoms with Gasteiger partial charge in [0.1, 0.15) is 11.3 Å². The fraction of sp³-hybridized carbons (Fsp3) is 0.391. The molecule has 0 bridgehead atoms. The molecule has 0 N–H and O–H groups in total. The molecule has 30 heavy (non-hydrogen) atoms. The van der Waals surface area contributed by atoms with Crippen LogP contribution in [0.15, 0.2) is 42.5 Å². The molecule has 1 amide bonds. The second-order valence-corrected chi connectivity index (χ2v) is 8.60. The second-order valence-electron chi connectivity index (χ2n) is 7.63. The first-order valence-electron chi connectivity index (χ1n) is 10.2. The average Bonchev–Trinajstić information content (AvgIpc) is 3.22. The summed E-state index contributed by atoms with van der Waals surface area (Å²) in [6.45, 7) is 7.45. The van der Waals surface area contributed by atoms with Gasteiger partial charge >= 0.3 is 0 Å². The highest BCUT2D eigenvalue weighted by molar-refractivity contribution is 7.23. The van der Waals surface area contributed by atoms with E-state index in [9.17, 15) is 4.79 Å². The van der Waals surface area contributed by atoms with Crippen molar-refractivity contribution in [2.24, 2.45) is 5.92 Å². The Kier molecular flexibility index (Phi) is 6.20. The topological polar surface area (TPSA) is 54.9 Å². The summed E-state index contributed by atoms with van der Waals surface area (Å²) >= 11 is 1.55. The first-order chi connectivity index (χ1) is 14.6. The number of morpholine rings is 1. The quantitative estimate of drug-likeness (QED) is 0.588. The van der Waals surface area contributed by atoms with E-state index in [0.717, 1.165) is 40.3 Å². The number of carbonyl (C=O) groups excluding carboxylic acids is 1. The molecule has 1 aliphatic heterocycles. The summed E-state index contributed by atoms with van der Waals surface area (Å²) in [5.41, 5.74) is 3.00. The molecule has 0 radical (unpaired) electrons. The van der Waals surface area contributed by atoms with Crippen LogP contribution >= 0.6 is 11.3 Å². The van der Waals surface area contributed by atoms with Gasteiger partial charge in [-0.2, -0.15) is 0 Å². The van der Waals surface area contributed by atoms with Gasteiger partial charge in [-0.05, 0) is 17.7 Å². The lowest BCUT2D eigenvalue weighted by molar-refractivity contribution is -0.121. The van der Waals surface area contributed by atoms with Crippen molar-refractivity contribution in [3.63, 3.8) is 0 Å². The zero-order valence-corrected chi connectivity index (χ0v) is 18.4. The number of hydrogen-bond donors (Lipinski definition) is 0. The maximum atomic E-state index is 13.1. The van der Waals surface area contributed by atoms with Crippen molar-refractivity contribution in [3.05, 3.63) is 48.0 Å². The fourth-order valence-corrected chi connectivity index (χ4v) is 4.74. The van der Waals surface area contributed by atoms with Gasteiger partial charge in [-0.25, -0.2) is 4.98 Å². The Hall–Kier alpha value is -2.64. The molecule has 1 saturated heterocycles. The molecule has 0 spiro atoms. The molecule has 2 aromatic carbocycles. The van der Waals surface area contributed by atoms with Gasteiger partial charge in [0.25, 0.3) is 0 Å². The lowest BCUT2D eigenvalue weighted by atomic mass is 10.1. The smallest absolute Gasteiger partial charge is 0.231 e. The summed E-state index contributed by atoms with van der Waals surface area (Å²) in [5.74, 6) is 0.660. The van der Waals surface area contributed by atoms with Crippen LogP contribution in [0.1, 0.15) is 19.4 Å². The molecule has 0 atom stereocenters. The van der Waals surface area contributed by atoms with E-state index in [1.807, 2.05) is 50.2 Å². The normalized spacial score (nSPS) is 14.3. The van der Waals surface area contributed by atoms with E-state index >= 15 is 0 Å². The van der Waals surface area contributed by atoms with Gasteiger partial charge in [-0.15, -0.1) is 0 Å². The number of anilines is 2. The largest absolute Gasteiger partial charge is 0.494 e. The number of rotatable bonds is 6. The minimum Gasteiger partial charge on any atom is -0.494 e. The van der Waals surface area contributed by atoms with Crippen LogP contribution in [0.25, 0.3) is 10.2 Å². The lowest BCUT2D eigenvalue weighted by Crippen LogP contribution is -2.36. The second kappa shape index (κ2) is 9.02. The summed E-state index contributed by atoms with van der Waals surface area (Å²) in [4.78, 5) is 22.1. The van der Waals surface area contributed by atoms with E-state index < -0.39 is 0 Å². The molecule has 1 fully saturated rings. The van der Waals surface area contributed by atoms with Gasteiger partial charge in [0.05, 0.1) is 37.3 Å². The maximum Gasteiger partial charge on any atom is 0.231 e. The zero-order chi connectivity index (χ0) is 21.1. The third kappa shape index (κ3) is 4.13. The number of methoxy groups -OCH3 is 1. The van der Waals surface area contributed by atoms with Crippen molar-refractivity contribution in [1.29, 1.82) is 0 Å². The minimum absolute atomic E-state index is 0.0600. The van der Waals surface area contributed by atoms with Crippen LogP contribution in [0.5, 0.6) is 5.75 Å². The fourth-order valence-electron chi connectivity index (χ4n) is 3.61. The molecule has 158 valence electrons. The van der Waals surface area contributed by atoms with Gasteiger partial charge in [0.2, 0.25) is 5.91 Å². The van der Waals surface area contributed by atoms with Gasteiger partial charge in [0, 0.05) is 19.0 Å². The average molecular weight is 426 g/mol. The number of hydrogen-bond acceptors (Lipinski definition) is 6. The number of carbonyl (C=O) groups is 1. The summed E-state index contributed by atoms with van der Waals surface area (Å²) in [5, 5.41) is 0.701. The van der Waals surface area contributed by atoms with Crippen LogP contribution in [-0.2, 0) is 16.1 Å². The predicted octanol–water partition coefficient (Wildman–Crippen LogP) is 4.33. The Morgan fingerprint density at radius 2 is 1.93 bits per heavy atom. The molecule has 2 heterocycles. The van der Waals surface area contributed by atoms with Crippen molar-refractivity contribution in [2.45, 2.75) is 20.4 Å². The monoisotopic (exact) mass is 425 g/mol. The molecule has 1 aromatic heterocycles. The third-order valence-corrected chi connectivity index (χ3v) is 6.32. The Bertz CT molecular complexity index is 1010. The van der Waals surface area contributed by atoms with Crippen LogP contribution in [0.3, 0.4) is 0 Å². The van der Waals surface area contributed by atoms with Crippen LogP contribution < -0.4 is 14.5 Å². The molecular formula is C23H27N3O3S. The SMILES string of the molecule is COc1ccc(N2CCOCC2)c2sc(N(Cc3ccccc3)C(=O)C(C)C)nc12. The summed E-state index contributed by atoms with van der Waals surface area (Å²) in [7, 11) is 1.66. The number of nitrogens with zero attached hydrogens (tertiary/aromatic N) is 3. The van der Waals surface area contributed by atoms with E-state index in [-0.39, 0.29) is 11.8 Å². The first kappa shape index (κ1) is 20.6. The van der Waals surface area contributed by atoms with Gasteiger partial charge in [0.15, 0.2) is 5.13 Å². The van der Waals surface area contributed by atoms with E-state index in [1.54, 1.807) is 23.3 Å². The Morgan fingerprint density at radius 3 is 2.60 bits per heavy atom. The molecule has 1 aliphatic rings. The molecular weight excluding hydrogens is 398 g/mol. The van der Waals surface area contributed by atoms with Crippen molar-refractivity contribution < 1.29 is 14.3 Å². The molecule has 0 aliphatic carbocycles. The van der Waals surface area contributed by atoms with Crippen LogP contribution in [0, 0.1) is 5.92 Å². The van der Waals surface area contributed by atoms with Gasteiger partial charge < -0.3 is 14.4 Å². The molecule has 4 rings (SSSR count). The Morgan fingerprint density at radius 1 is 1.20 bits per heavy atom. The lowest BCUT2D eigenvalue weighted by Gasteiger charge is -2.29. The highest BCUT2D eigenvalue weighted by Gasteiger charge is 2.25. The molecule has 7 heteroatoms. The highest BCUT2D eigenvalue weighted by Crippen LogP contribution is 2.41. The first-order valence-corrected chi connectivity index (χ1v) is 11.1. The zero-order valence-electron chi connectivity index (χ0n) is 17.6. The van der Waals surface area contributed by atoms with Crippen LogP contribution in [0.4, 0.5) is 10.8 Å². The van der Waals surface area contributed by atoms with Crippen molar-refractivity contribution in [1.82, 2.24) is 4.98 Å². The van der Waals surface area contributed by atoms with Gasteiger partial charge in [-0.1, -0.05) is 55.5 Å². The molecule has 6 nitrogen and oxygen atoms in total. The summed E-state index contributed by atoms with van der Waals surface area (Å²) in [6.07, 6.45) is 0. The maximum absolute atomic E-state index is 13.1. The van der Waals surface area contributed by atoms with Crippen molar-refractivity contribution in [3.8, 4) is 5.75 Å². The minimum atomic E-state index is -0.124. The number of ether oxygens (including phenoxy) is 2. The van der Waals surface area contributed by atoms with Crippen LogP contribution in [-0.4, -0.2) is 44.3 Å². The Balaban J connectivity index is 1.79. The van der Waals surface area contributed by atoms with E-state index in [0.29, 0.717) is 24.9 Å². The number of benzene rings is 2. The molecule has 0 saturated carbocycles.